The van der Waals surface area contributed by atoms with Crippen LogP contribution in [-0.2, 0) is 0 Å². The fourth-order valence-corrected chi connectivity index (χ4v) is 1.78. The summed E-state index contributed by atoms with van der Waals surface area (Å²) in [6.45, 7) is 7.15. The van der Waals surface area contributed by atoms with E-state index in [0.29, 0.717) is 12.0 Å². The van der Waals surface area contributed by atoms with Crippen molar-refractivity contribution >= 4 is 0 Å². The van der Waals surface area contributed by atoms with Crippen LogP contribution in [0.1, 0.15) is 33.6 Å². The molecular formula is C9H19NO. The molecule has 66 valence electrons. The van der Waals surface area contributed by atoms with E-state index in [-0.39, 0.29) is 5.60 Å². The van der Waals surface area contributed by atoms with Gasteiger partial charge < -0.3 is 10.4 Å². The lowest BCUT2D eigenvalue weighted by molar-refractivity contribution is -0.0662. The zero-order valence-corrected chi connectivity index (χ0v) is 7.72. The molecule has 0 radical (unpaired) electrons. The Morgan fingerprint density at radius 1 is 1.55 bits per heavy atom. The molecule has 11 heavy (non-hydrogen) atoms. The second-order valence-electron chi connectivity index (χ2n) is 4.27. The van der Waals surface area contributed by atoms with Crippen molar-refractivity contribution in [1.29, 1.82) is 0 Å². The van der Waals surface area contributed by atoms with Crippen LogP contribution in [0.2, 0.25) is 0 Å². The summed E-state index contributed by atoms with van der Waals surface area (Å²) < 4.78 is 0. The van der Waals surface area contributed by atoms with Crippen LogP contribution < -0.4 is 5.32 Å². The van der Waals surface area contributed by atoms with Crippen molar-refractivity contribution in [2.45, 2.75) is 45.3 Å². The van der Waals surface area contributed by atoms with Crippen LogP contribution in [0.15, 0.2) is 0 Å². The number of nitrogens with one attached hydrogen (secondary N) is 1. The molecule has 2 nitrogen and oxygen atoms in total. The van der Waals surface area contributed by atoms with Crippen LogP contribution in [0.4, 0.5) is 0 Å². The minimum Gasteiger partial charge on any atom is -0.389 e. The van der Waals surface area contributed by atoms with Crippen LogP contribution in [0.5, 0.6) is 0 Å². The first-order chi connectivity index (χ1) is 5.02. The quantitative estimate of drug-likeness (QED) is 0.644. The van der Waals surface area contributed by atoms with Crippen molar-refractivity contribution in [1.82, 2.24) is 5.32 Å². The molecular weight excluding hydrogens is 138 g/mol. The Labute approximate surface area is 69.0 Å². The topological polar surface area (TPSA) is 32.3 Å². The van der Waals surface area contributed by atoms with Crippen molar-refractivity contribution in [2.75, 3.05) is 6.54 Å². The van der Waals surface area contributed by atoms with Gasteiger partial charge in [0.15, 0.2) is 0 Å². The second kappa shape index (κ2) is 3.11. The zero-order chi connectivity index (χ0) is 8.48. The van der Waals surface area contributed by atoms with Gasteiger partial charge in [-0.1, -0.05) is 20.8 Å². The van der Waals surface area contributed by atoms with Crippen LogP contribution in [0, 0.1) is 5.92 Å². The SMILES string of the molecule is CC1CC(O)(CNC(C)C)C1. The maximum absolute atomic E-state index is 9.77. The molecule has 0 saturated heterocycles. The number of hydrogen-bond donors (Lipinski definition) is 2. The van der Waals surface area contributed by atoms with E-state index in [0.717, 1.165) is 19.4 Å². The minimum absolute atomic E-state index is 0.385. The van der Waals surface area contributed by atoms with Crippen LogP contribution in [0.25, 0.3) is 0 Å². The van der Waals surface area contributed by atoms with Gasteiger partial charge in [0.1, 0.15) is 0 Å². The Balaban J connectivity index is 2.16. The molecule has 0 spiro atoms. The minimum atomic E-state index is -0.385. The van der Waals surface area contributed by atoms with Crippen LogP contribution in [-0.4, -0.2) is 23.3 Å². The van der Waals surface area contributed by atoms with Crippen LogP contribution >= 0.6 is 0 Å². The first-order valence-corrected chi connectivity index (χ1v) is 4.48. The summed E-state index contributed by atoms with van der Waals surface area (Å²) in [7, 11) is 0. The molecule has 1 aliphatic rings. The molecule has 1 fully saturated rings. The van der Waals surface area contributed by atoms with Gasteiger partial charge in [-0.15, -0.1) is 0 Å². The van der Waals surface area contributed by atoms with Gasteiger partial charge >= 0.3 is 0 Å². The first kappa shape index (κ1) is 9.01. The molecule has 1 aliphatic carbocycles. The van der Waals surface area contributed by atoms with Gasteiger partial charge in [0, 0.05) is 12.6 Å². The summed E-state index contributed by atoms with van der Waals surface area (Å²) in [5.41, 5.74) is -0.385. The van der Waals surface area contributed by atoms with Gasteiger partial charge in [0.2, 0.25) is 0 Å². The Bertz CT molecular complexity index is 128. The molecule has 0 bridgehead atoms. The lowest BCUT2D eigenvalue weighted by Crippen LogP contribution is -2.51. The van der Waals surface area contributed by atoms with E-state index < -0.39 is 0 Å². The summed E-state index contributed by atoms with van der Waals surface area (Å²) in [5.74, 6) is 0.717. The molecule has 0 atom stereocenters. The average Bonchev–Trinajstić information content (AvgIpc) is 1.81. The molecule has 2 heteroatoms. The van der Waals surface area contributed by atoms with E-state index in [1.165, 1.54) is 0 Å². The van der Waals surface area contributed by atoms with E-state index in [9.17, 15) is 5.11 Å². The number of aliphatic hydroxyl groups is 1. The lowest BCUT2D eigenvalue weighted by Gasteiger charge is -2.42. The maximum Gasteiger partial charge on any atom is 0.0776 e. The van der Waals surface area contributed by atoms with Crippen molar-refractivity contribution < 1.29 is 5.11 Å². The summed E-state index contributed by atoms with van der Waals surface area (Å²) in [4.78, 5) is 0. The standard InChI is InChI=1S/C9H19NO/c1-7(2)10-6-9(11)4-8(3)5-9/h7-8,10-11H,4-6H2,1-3H3. The van der Waals surface area contributed by atoms with E-state index >= 15 is 0 Å². The molecule has 0 aromatic rings. The summed E-state index contributed by atoms with van der Waals surface area (Å²) in [6, 6.07) is 0.481. The lowest BCUT2D eigenvalue weighted by atomic mass is 9.72. The summed E-state index contributed by atoms with van der Waals surface area (Å²) >= 11 is 0. The first-order valence-electron chi connectivity index (χ1n) is 4.48. The zero-order valence-electron chi connectivity index (χ0n) is 7.72. The predicted molar refractivity (Wildman–Crippen MR) is 46.5 cm³/mol. The molecule has 0 unspecified atom stereocenters. The highest BCUT2D eigenvalue weighted by molar-refractivity contribution is 4.93. The highest BCUT2D eigenvalue weighted by atomic mass is 16.3. The van der Waals surface area contributed by atoms with Gasteiger partial charge in [-0.2, -0.15) is 0 Å². The Morgan fingerprint density at radius 2 is 2.09 bits per heavy atom. The van der Waals surface area contributed by atoms with Gasteiger partial charge in [-0.25, -0.2) is 0 Å². The molecule has 1 saturated carbocycles. The normalized spacial score (nSPS) is 37.4. The van der Waals surface area contributed by atoms with E-state index in [4.69, 9.17) is 0 Å². The third-order valence-electron chi connectivity index (χ3n) is 2.30. The third kappa shape index (κ3) is 2.46. The maximum atomic E-state index is 9.77. The molecule has 0 amide bonds. The van der Waals surface area contributed by atoms with Crippen molar-refractivity contribution in [2.24, 2.45) is 5.92 Å². The molecule has 2 N–H and O–H groups in total. The summed E-state index contributed by atoms with van der Waals surface area (Å²) in [5, 5.41) is 13.0. The number of rotatable bonds is 3. The highest BCUT2D eigenvalue weighted by Crippen LogP contribution is 2.36. The Hall–Kier alpha value is -0.0800. The van der Waals surface area contributed by atoms with Gasteiger partial charge in [0.25, 0.3) is 0 Å². The highest BCUT2D eigenvalue weighted by Gasteiger charge is 2.39. The Morgan fingerprint density at radius 3 is 2.45 bits per heavy atom. The monoisotopic (exact) mass is 157 g/mol. The van der Waals surface area contributed by atoms with E-state index in [1.807, 2.05) is 0 Å². The fraction of sp³-hybridized carbons (Fsp3) is 1.00. The molecule has 0 aromatic heterocycles. The third-order valence-corrected chi connectivity index (χ3v) is 2.30. The molecule has 1 rings (SSSR count). The van der Waals surface area contributed by atoms with Crippen LogP contribution in [0.3, 0.4) is 0 Å². The van der Waals surface area contributed by atoms with Crippen molar-refractivity contribution in [3.05, 3.63) is 0 Å². The second-order valence-corrected chi connectivity index (χ2v) is 4.27. The molecule has 0 aliphatic heterocycles. The van der Waals surface area contributed by atoms with Crippen molar-refractivity contribution in [3.63, 3.8) is 0 Å². The summed E-state index contributed by atoms with van der Waals surface area (Å²) in [6.07, 6.45) is 1.93. The smallest absolute Gasteiger partial charge is 0.0776 e. The van der Waals surface area contributed by atoms with Gasteiger partial charge in [0.05, 0.1) is 5.60 Å². The van der Waals surface area contributed by atoms with Gasteiger partial charge in [-0.3, -0.25) is 0 Å². The Kier molecular flexibility index (Phi) is 2.55. The van der Waals surface area contributed by atoms with E-state index in [2.05, 4.69) is 26.1 Å². The average molecular weight is 157 g/mol. The molecule has 0 heterocycles. The molecule has 0 aromatic carbocycles. The fourth-order valence-electron chi connectivity index (χ4n) is 1.78. The van der Waals surface area contributed by atoms with Gasteiger partial charge in [-0.05, 0) is 18.8 Å². The number of hydrogen-bond acceptors (Lipinski definition) is 2. The van der Waals surface area contributed by atoms with E-state index in [1.54, 1.807) is 0 Å². The largest absolute Gasteiger partial charge is 0.389 e. The van der Waals surface area contributed by atoms with Crippen molar-refractivity contribution in [3.8, 4) is 0 Å². The predicted octanol–water partition coefficient (Wildman–Crippen LogP) is 1.15.